The van der Waals surface area contributed by atoms with Crippen molar-refractivity contribution in [2.24, 2.45) is 11.8 Å². The predicted molar refractivity (Wildman–Crippen MR) is 146 cm³/mol. The number of carbonyl (C=O) groups is 4. The smallest absolute Gasteiger partial charge is 0.274 e. The number of aliphatic hydroxyl groups excluding tert-OH is 1. The zero-order chi connectivity index (χ0) is 29.6. The highest BCUT2D eigenvalue weighted by Crippen LogP contribution is 2.20. The number of aromatic nitrogens is 2. The Kier molecular flexibility index (Phi) is 10.2. The Morgan fingerprint density at radius 2 is 1.82 bits per heavy atom. The van der Waals surface area contributed by atoms with E-state index in [0.29, 0.717) is 12.0 Å². The molecule has 1 saturated heterocycles. The number of nitrogens with zero attached hydrogens (tertiary/aromatic N) is 3. The van der Waals surface area contributed by atoms with Gasteiger partial charge in [0, 0.05) is 25.6 Å². The first-order valence-corrected chi connectivity index (χ1v) is 13.3. The lowest BCUT2D eigenvalue weighted by Crippen LogP contribution is -2.64. The van der Waals surface area contributed by atoms with Gasteiger partial charge < -0.3 is 31.1 Å². The van der Waals surface area contributed by atoms with Crippen molar-refractivity contribution in [2.45, 2.75) is 70.8 Å². The molecule has 3 rings (SSSR count). The van der Waals surface area contributed by atoms with E-state index < -0.39 is 59.8 Å². The fraction of sp³-hybridized carbons (Fsp3) is 0.500. The number of hydrogen-bond donors (Lipinski definition) is 5. The van der Waals surface area contributed by atoms with Gasteiger partial charge in [-0.3, -0.25) is 24.2 Å². The van der Waals surface area contributed by atoms with Crippen molar-refractivity contribution in [3.05, 3.63) is 54.1 Å². The molecular formula is C28H38N6O6. The van der Waals surface area contributed by atoms with E-state index in [2.05, 4.69) is 25.9 Å². The van der Waals surface area contributed by atoms with Gasteiger partial charge in [0.2, 0.25) is 17.7 Å². The number of aromatic hydroxyl groups is 1. The fourth-order valence-electron chi connectivity index (χ4n) is 4.60. The molecular weight excluding hydrogens is 516 g/mol. The molecule has 1 aliphatic heterocycles. The molecule has 5 N–H and O–H groups in total. The van der Waals surface area contributed by atoms with Gasteiger partial charge in [0.05, 0.1) is 24.1 Å². The minimum Gasteiger partial charge on any atom is -0.505 e. The van der Waals surface area contributed by atoms with E-state index in [-0.39, 0.29) is 23.8 Å². The van der Waals surface area contributed by atoms with Gasteiger partial charge in [-0.1, -0.05) is 33.3 Å². The van der Waals surface area contributed by atoms with Crippen LogP contribution in [0.15, 0.2) is 42.9 Å². The molecule has 7 atom stereocenters. The zero-order valence-corrected chi connectivity index (χ0v) is 23.4. The number of carbonyl (C=O) groups excluding carboxylic acids is 4. The van der Waals surface area contributed by atoms with Crippen LogP contribution in [0.2, 0.25) is 0 Å². The van der Waals surface area contributed by atoms with E-state index in [1.807, 2.05) is 13.8 Å². The monoisotopic (exact) mass is 554 g/mol. The van der Waals surface area contributed by atoms with Crippen molar-refractivity contribution in [3.63, 3.8) is 0 Å². The minimum absolute atomic E-state index is 0.151. The molecule has 12 heteroatoms. The largest absolute Gasteiger partial charge is 0.505 e. The second-order valence-corrected chi connectivity index (χ2v) is 10.3. The van der Waals surface area contributed by atoms with Crippen LogP contribution in [0.5, 0.6) is 5.75 Å². The summed E-state index contributed by atoms with van der Waals surface area (Å²) >= 11 is 0. The molecule has 1 fully saturated rings. The third-order valence-corrected chi connectivity index (χ3v) is 7.63. The van der Waals surface area contributed by atoms with Gasteiger partial charge in [0.25, 0.3) is 5.91 Å². The highest BCUT2D eigenvalue weighted by atomic mass is 16.3. The topological polar surface area (TPSA) is 174 Å². The average molecular weight is 555 g/mol. The number of nitrogens with one attached hydrogen (secondary N) is 3. The molecule has 40 heavy (non-hydrogen) atoms. The Labute approximate surface area is 233 Å². The van der Waals surface area contributed by atoms with Crippen LogP contribution in [0.3, 0.4) is 0 Å². The van der Waals surface area contributed by atoms with Gasteiger partial charge in [-0.15, -0.1) is 0 Å². The van der Waals surface area contributed by atoms with Crippen LogP contribution in [0, 0.1) is 11.8 Å². The predicted octanol–water partition coefficient (Wildman–Crippen LogP) is 0.397. The van der Waals surface area contributed by atoms with Crippen LogP contribution in [-0.4, -0.2) is 86.0 Å². The molecule has 12 nitrogen and oxygen atoms in total. The summed E-state index contributed by atoms with van der Waals surface area (Å²) in [5, 5.41) is 29.6. The van der Waals surface area contributed by atoms with Crippen LogP contribution in [0.25, 0.3) is 0 Å². The van der Waals surface area contributed by atoms with Crippen molar-refractivity contribution in [2.75, 3.05) is 7.05 Å². The highest BCUT2D eigenvalue weighted by molar-refractivity contribution is 5.98. The molecule has 0 spiro atoms. The van der Waals surface area contributed by atoms with E-state index in [1.54, 1.807) is 31.5 Å². The first-order chi connectivity index (χ1) is 19.0. The molecule has 3 heterocycles. The molecule has 216 valence electrons. The van der Waals surface area contributed by atoms with Gasteiger partial charge >= 0.3 is 0 Å². The Balaban J connectivity index is 2.05. The lowest BCUT2D eigenvalue weighted by molar-refractivity contribution is -0.143. The molecule has 4 amide bonds. The van der Waals surface area contributed by atoms with Crippen LogP contribution in [-0.2, 0) is 20.8 Å². The molecule has 0 aromatic carbocycles. The maximum Gasteiger partial charge on any atom is 0.274 e. The number of pyridine rings is 2. The molecule has 2 aromatic heterocycles. The van der Waals surface area contributed by atoms with E-state index in [4.69, 9.17) is 0 Å². The van der Waals surface area contributed by atoms with Crippen molar-refractivity contribution in [1.29, 1.82) is 0 Å². The van der Waals surface area contributed by atoms with Crippen molar-refractivity contribution in [1.82, 2.24) is 30.8 Å². The van der Waals surface area contributed by atoms with Crippen molar-refractivity contribution >= 4 is 23.6 Å². The van der Waals surface area contributed by atoms with E-state index in [9.17, 15) is 29.4 Å². The summed E-state index contributed by atoms with van der Waals surface area (Å²) in [6.07, 6.45) is 3.92. The van der Waals surface area contributed by atoms with Crippen molar-refractivity contribution in [3.8, 4) is 5.75 Å². The Hall–Kier alpha value is -4.06. The second kappa shape index (κ2) is 13.3. The summed E-state index contributed by atoms with van der Waals surface area (Å²) < 4.78 is 0. The van der Waals surface area contributed by atoms with Gasteiger partial charge in [-0.05, 0) is 43.0 Å². The quantitative estimate of drug-likeness (QED) is 0.341. The molecule has 2 aromatic rings. The third kappa shape index (κ3) is 6.92. The number of amides is 4. The van der Waals surface area contributed by atoms with Gasteiger partial charge in [0.1, 0.15) is 17.8 Å². The molecule has 0 bridgehead atoms. The van der Waals surface area contributed by atoms with Crippen molar-refractivity contribution < 1.29 is 29.4 Å². The maximum atomic E-state index is 13.8. The summed E-state index contributed by atoms with van der Waals surface area (Å²) in [6.45, 7) is 6.84. The van der Waals surface area contributed by atoms with Crippen LogP contribution in [0.4, 0.5) is 0 Å². The zero-order valence-electron chi connectivity index (χ0n) is 23.4. The minimum atomic E-state index is -1.33. The lowest BCUT2D eigenvalue weighted by Gasteiger charge is -2.38. The Morgan fingerprint density at radius 3 is 2.45 bits per heavy atom. The summed E-state index contributed by atoms with van der Waals surface area (Å²) in [5.74, 6) is -4.08. The molecule has 2 unspecified atom stereocenters. The second-order valence-electron chi connectivity index (χ2n) is 10.3. The molecule has 0 saturated carbocycles. The van der Waals surface area contributed by atoms with Gasteiger partial charge in [-0.25, -0.2) is 4.98 Å². The molecule has 0 radical (unpaired) electrons. The molecule has 1 aliphatic rings. The SMILES string of the molecule is CCC(C)C1NC(=O)[C@H](C)[C@H](O)[C@H](Cc2cccnc2)NC(=O)[C@@H](NC(=O)c2ncccc2O)[C@@H](C)N(C)C1=O. The first kappa shape index (κ1) is 30.5. The van der Waals surface area contributed by atoms with Crippen LogP contribution < -0.4 is 16.0 Å². The van der Waals surface area contributed by atoms with E-state index >= 15 is 0 Å². The normalized spacial score (nSPS) is 27.1. The van der Waals surface area contributed by atoms with E-state index in [0.717, 1.165) is 0 Å². The summed E-state index contributed by atoms with van der Waals surface area (Å²) in [5.41, 5.74) is 0.427. The van der Waals surface area contributed by atoms with Gasteiger partial charge in [0.15, 0.2) is 5.69 Å². The van der Waals surface area contributed by atoms with E-state index in [1.165, 1.54) is 37.2 Å². The number of aliphatic hydroxyl groups is 1. The third-order valence-electron chi connectivity index (χ3n) is 7.63. The van der Waals surface area contributed by atoms with Crippen LogP contribution >= 0.6 is 0 Å². The first-order valence-electron chi connectivity index (χ1n) is 13.3. The fourth-order valence-corrected chi connectivity index (χ4v) is 4.60. The van der Waals surface area contributed by atoms with Gasteiger partial charge in [-0.2, -0.15) is 0 Å². The number of hydrogen-bond acceptors (Lipinski definition) is 8. The highest BCUT2D eigenvalue weighted by Gasteiger charge is 2.41. The molecule has 0 aliphatic carbocycles. The standard InChI is InChI=1S/C28H38N6O6/c1-6-15(2)21-28(40)34(5)17(4)22(33-27(39)23-20(35)10-8-12-30-23)26(38)31-19(13-18-9-7-11-29-14-18)24(36)16(3)25(37)32-21/h7-12,14-17,19,21-22,24,35-36H,6,13H2,1-5H3,(H,31,38)(H,32,37)(H,33,39)/t15?,16-,17-,19+,21?,22+,24+/m1/s1. The lowest BCUT2D eigenvalue weighted by atomic mass is 9.90. The average Bonchev–Trinajstić information content (AvgIpc) is 2.95. The summed E-state index contributed by atoms with van der Waals surface area (Å²) in [4.78, 5) is 63.0. The maximum absolute atomic E-state index is 13.8. The van der Waals surface area contributed by atoms with Crippen LogP contribution in [0.1, 0.15) is 50.2 Å². The number of rotatable bonds is 6. The summed E-state index contributed by atoms with van der Waals surface area (Å²) in [7, 11) is 1.50. The summed E-state index contributed by atoms with van der Waals surface area (Å²) in [6, 6.07) is 2.21. The Bertz CT molecular complexity index is 1210. The number of likely N-dealkylation sites (N-methyl/N-ethyl adjacent to an activating group) is 1. The Morgan fingerprint density at radius 1 is 1.12 bits per heavy atom.